The van der Waals surface area contributed by atoms with Crippen LogP contribution >= 0.6 is 0 Å². The fourth-order valence-corrected chi connectivity index (χ4v) is 0.885. The highest BCUT2D eigenvalue weighted by atomic mass is 16.4. The summed E-state index contributed by atoms with van der Waals surface area (Å²) in [5.74, 6) is -0.711. The van der Waals surface area contributed by atoms with E-state index in [9.17, 15) is 4.79 Å². The van der Waals surface area contributed by atoms with Crippen LogP contribution in [0.4, 0.5) is 0 Å². The zero-order chi connectivity index (χ0) is 10.7. The summed E-state index contributed by atoms with van der Waals surface area (Å²) < 4.78 is 0. The Balaban J connectivity index is 0. The first-order valence-electron chi connectivity index (χ1n) is 5.06. The van der Waals surface area contributed by atoms with Gasteiger partial charge in [-0.2, -0.15) is 0 Å². The Kier molecular flexibility index (Phi) is 13.1. The Morgan fingerprint density at radius 1 is 1.08 bits per heavy atom. The molecule has 0 bridgehead atoms. The van der Waals surface area contributed by atoms with Crippen LogP contribution in [0.5, 0.6) is 0 Å². The van der Waals surface area contributed by atoms with Crippen molar-refractivity contribution in [2.75, 3.05) is 19.6 Å². The quantitative estimate of drug-likeness (QED) is 0.721. The second-order valence-electron chi connectivity index (χ2n) is 2.76. The van der Waals surface area contributed by atoms with Gasteiger partial charge in [0.05, 0.1) is 0 Å². The van der Waals surface area contributed by atoms with E-state index in [4.69, 9.17) is 5.11 Å². The van der Waals surface area contributed by atoms with Gasteiger partial charge in [-0.25, -0.2) is 0 Å². The van der Waals surface area contributed by atoms with Gasteiger partial charge in [0.25, 0.3) is 0 Å². The van der Waals surface area contributed by atoms with Gasteiger partial charge in [-0.3, -0.25) is 4.79 Å². The number of rotatable bonds is 5. The number of carboxylic acids is 1. The van der Waals surface area contributed by atoms with Crippen molar-refractivity contribution in [1.82, 2.24) is 4.90 Å². The monoisotopic (exact) mass is 189 g/mol. The first-order valence-corrected chi connectivity index (χ1v) is 5.06. The number of aliphatic carboxylic acids is 1. The predicted octanol–water partition coefficient (Wildman–Crippen LogP) is 2.22. The van der Waals surface area contributed by atoms with Crippen molar-refractivity contribution < 1.29 is 9.90 Å². The molecule has 0 aliphatic heterocycles. The summed E-state index contributed by atoms with van der Waals surface area (Å²) in [7, 11) is 0. The molecular formula is C10H23NO2. The minimum Gasteiger partial charge on any atom is -0.481 e. The molecule has 0 unspecified atom stereocenters. The maximum Gasteiger partial charge on any atom is 0.303 e. The molecule has 13 heavy (non-hydrogen) atoms. The number of carbonyl (C=O) groups is 1. The molecule has 0 saturated heterocycles. The van der Waals surface area contributed by atoms with Crippen molar-refractivity contribution in [2.24, 2.45) is 0 Å². The zero-order valence-corrected chi connectivity index (χ0v) is 9.34. The molecule has 3 nitrogen and oxygen atoms in total. The molecule has 0 amide bonds. The van der Waals surface area contributed by atoms with Gasteiger partial charge in [-0.1, -0.05) is 27.7 Å². The first kappa shape index (κ1) is 14.9. The van der Waals surface area contributed by atoms with E-state index in [0.717, 1.165) is 6.42 Å². The summed E-state index contributed by atoms with van der Waals surface area (Å²) in [6.45, 7) is 12.0. The van der Waals surface area contributed by atoms with Gasteiger partial charge in [-0.15, -0.1) is 0 Å². The van der Waals surface area contributed by atoms with Crippen molar-refractivity contribution in [3.8, 4) is 0 Å². The van der Waals surface area contributed by atoms with Crippen LogP contribution in [-0.2, 0) is 4.79 Å². The van der Waals surface area contributed by atoms with Crippen LogP contribution in [0, 0.1) is 0 Å². The van der Waals surface area contributed by atoms with E-state index < -0.39 is 5.97 Å². The van der Waals surface area contributed by atoms with Crippen LogP contribution in [-0.4, -0.2) is 35.6 Å². The van der Waals surface area contributed by atoms with E-state index in [2.05, 4.69) is 25.7 Å². The number of carboxylic acid groups (broad SMARTS) is 1. The van der Waals surface area contributed by atoms with Crippen LogP contribution in [0.25, 0.3) is 0 Å². The zero-order valence-electron chi connectivity index (χ0n) is 9.34. The van der Waals surface area contributed by atoms with Crippen LogP contribution < -0.4 is 0 Å². The van der Waals surface area contributed by atoms with Crippen LogP contribution in [0.3, 0.4) is 0 Å². The van der Waals surface area contributed by atoms with Gasteiger partial charge in [-0.05, 0) is 26.1 Å². The van der Waals surface area contributed by atoms with Gasteiger partial charge in [0.2, 0.25) is 0 Å². The molecular weight excluding hydrogens is 166 g/mol. The molecule has 0 aromatic rings. The topological polar surface area (TPSA) is 40.5 Å². The van der Waals surface area contributed by atoms with Crippen molar-refractivity contribution in [3.05, 3.63) is 0 Å². The average Bonchev–Trinajstić information content (AvgIpc) is 2.08. The second-order valence-corrected chi connectivity index (χ2v) is 2.76. The molecule has 0 radical (unpaired) electrons. The van der Waals surface area contributed by atoms with Gasteiger partial charge in [0.1, 0.15) is 0 Å². The molecule has 0 atom stereocenters. The summed E-state index contributed by atoms with van der Waals surface area (Å²) >= 11 is 0. The van der Waals surface area contributed by atoms with Gasteiger partial charge in [0, 0.05) is 6.42 Å². The van der Waals surface area contributed by atoms with E-state index in [1.165, 1.54) is 19.6 Å². The van der Waals surface area contributed by atoms with Crippen LogP contribution in [0.2, 0.25) is 0 Å². The number of nitrogens with zero attached hydrogens (tertiary/aromatic N) is 1. The molecule has 0 aliphatic rings. The van der Waals surface area contributed by atoms with Crippen molar-refractivity contribution >= 4 is 5.97 Å². The van der Waals surface area contributed by atoms with E-state index >= 15 is 0 Å². The molecule has 0 spiro atoms. The second kappa shape index (κ2) is 11.4. The summed E-state index contributed by atoms with van der Waals surface area (Å²) in [6, 6.07) is 0. The van der Waals surface area contributed by atoms with Crippen LogP contribution in [0.1, 0.15) is 40.5 Å². The lowest BCUT2D eigenvalue weighted by Crippen LogP contribution is -2.21. The third-order valence-electron chi connectivity index (χ3n) is 1.81. The molecule has 0 aliphatic carbocycles. The van der Waals surface area contributed by atoms with E-state index in [1.807, 2.05) is 6.92 Å². The number of hydrogen-bond donors (Lipinski definition) is 1. The highest BCUT2D eigenvalue weighted by Gasteiger charge is 1.89. The lowest BCUT2D eigenvalue weighted by atomic mass is 10.4. The summed E-state index contributed by atoms with van der Waals surface area (Å²) in [5, 5.41) is 7.91. The number of hydrogen-bond acceptors (Lipinski definition) is 2. The molecule has 0 rings (SSSR count). The van der Waals surface area contributed by atoms with E-state index in [-0.39, 0.29) is 0 Å². The maximum atomic E-state index is 9.60. The van der Waals surface area contributed by atoms with Crippen molar-refractivity contribution in [3.63, 3.8) is 0 Å². The SMILES string of the molecule is CCCC(=O)O.CCN(CC)CC. The Labute approximate surface area is 81.7 Å². The van der Waals surface area contributed by atoms with Crippen molar-refractivity contribution in [2.45, 2.75) is 40.5 Å². The molecule has 0 saturated carbocycles. The molecule has 1 N–H and O–H groups in total. The standard InChI is InChI=1S/C6H15N.C4H8O2/c1-4-7(5-2)6-3;1-2-3-4(5)6/h4-6H2,1-3H3;2-3H2,1H3,(H,5,6). The smallest absolute Gasteiger partial charge is 0.303 e. The van der Waals surface area contributed by atoms with Gasteiger partial charge < -0.3 is 10.0 Å². The Hall–Kier alpha value is -0.570. The summed E-state index contributed by atoms with van der Waals surface area (Å²) in [4.78, 5) is 12.0. The summed E-state index contributed by atoms with van der Waals surface area (Å²) in [6.07, 6.45) is 1.02. The summed E-state index contributed by atoms with van der Waals surface area (Å²) in [5.41, 5.74) is 0. The Bertz CT molecular complexity index is 106. The maximum absolute atomic E-state index is 9.60. The van der Waals surface area contributed by atoms with Gasteiger partial charge >= 0.3 is 5.97 Å². The van der Waals surface area contributed by atoms with E-state index in [1.54, 1.807) is 0 Å². The minimum absolute atomic E-state index is 0.292. The minimum atomic E-state index is -0.711. The lowest BCUT2D eigenvalue weighted by molar-refractivity contribution is -0.137. The normalized spacial score (nSPS) is 9.31. The van der Waals surface area contributed by atoms with Crippen LogP contribution in [0.15, 0.2) is 0 Å². The lowest BCUT2D eigenvalue weighted by Gasteiger charge is -2.13. The third-order valence-corrected chi connectivity index (χ3v) is 1.81. The third kappa shape index (κ3) is 14.3. The molecule has 0 aromatic heterocycles. The van der Waals surface area contributed by atoms with Crippen molar-refractivity contribution in [1.29, 1.82) is 0 Å². The average molecular weight is 189 g/mol. The largest absolute Gasteiger partial charge is 0.481 e. The molecule has 0 fully saturated rings. The Morgan fingerprint density at radius 2 is 1.46 bits per heavy atom. The fraction of sp³-hybridized carbons (Fsp3) is 0.900. The molecule has 3 heteroatoms. The van der Waals surface area contributed by atoms with E-state index in [0.29, 0.717) is 6.42 Å². The highest BCUT2D eigenvalue weighted by molar-refractivity contribution is 5.66. The molecule has 80 valence electrons. The first-order chi connectivity index (χ1) is 6.12. The predicted molar refractivity (Wildman–Crippen MR) is 56.0 cm³/mol. The molecule has 0 aromatic carbocycles. The Morgan fingerprint density at radius 3 is 1.46 bits per heavy atom. The van der Waals surface area contributed by atoms with Gasteiger partial charge in [0.15, 0.2) is 0 Å². The highest BCUT2D eigenvalue weighted by Crippen LogP contribution is 1.82. The molecule has 0 heterocycles. The fourth-order valence-electron chi connectivity index (χ4n) is 0.885.